The molecule has 6 nitrogen and oxygen atoms in total. The van der Waals surface area contributed by atoms with Crippen LogP contribution in [-0.4, -0.2) is 34.6 Å². The Hall–Kier alpha value is -1.35. The second kappa shape index (κ2) is 9.71. The number of halogens is 2. The van der Waals surface area contributed by atoms with E-state index in [1.54, 1.807) is 6.92 Å². The maximum Gasteiger partial charge on any atom is 0.223 e. The first-order valence-corrected chi connectivity index (χ1v) is 7.50. The van der Waals surface area contributed by atoms with Crippen molar-refractivity contribution in [2.45, 2.75) is 26.9 Å². The minimum atomic E-state index is 0. The van der Waals surface area contributed by atoms with Crippen LogP contribution in [0.1, 0.15) is 24.2 Å². The molecule has 23 heavy (non-hydrogen) atoms. The maximum atomic E-state index is 6.21. The van der Waals surface area contributed by atoms with E-state index in [1.165, 1.54) is 0 Å². The van der Waals surface area contributed by atoms with E-state index >= 15 is 0 Å². The fourth-order valence-electron chi connectivity index (χ4n) is 1.98. The molecule has 2 aromatic rings. The average Bonchev–Trinajstić information content (AvgIpc) is 2.91. The van der Waals surface area contributed by atoms with Crippen LogP contribution in [0, 0.1) is 6.92 Å². The van der Waals surface area contributed by atoms with Gasteiger partial charge in [0.2, 0.25) is 5.89 Å². The van der Waals surface area contributed by atoms with Gasteiger partial charge in [-0.2, -0.15) is 4.98 Å². The van der Waals surface area contributed by atoms with Gasteiger partial charge in [-0.25, -0.2) is 4.99 Å². The van der Waals surface area contributed by atoms with Gasteiger partial charge in [0.1, 0.15) is 6.54 Å². The van der Waals surface area contributed by atoms with Crippen LogP contribution in [0.2, 0.25) is 5.02 Å². The zero-order valence-electron chi connectivity index (χ0n) is 13.4. The minimum absolute atomic E-state index is 0. The molecule has 8 heteroatoms. The first kappa shape index (κ1) is 19.7. The molecule has 0 radical (unpaired) electrons. The Morgan fingerprint density at radius 3 is 2.74 bits per heavy atom. The van der Waals surface area contributed by atoms with Crippen molar-refractivity contribution in [2.24, 2.45) is 4.99 Å². The van der Waals surface area contributed by atoms with Crippen molar-refractivity contribution in [2.75, 3.05) is 13.6 Å². The van der Waals surface area contributed by atoms with E-state index in [0.29, 0.717) is 24.8 Å². The lowest BCUT2D eigenvalue weighted by molar-refractivity contribution is 0.387. The molecule has 0 saturated carbocycles. The number of benzene rings is 1. The summed E-state index contributed by atoms with van der Waals surface area (Å²) < 4.78 is 4.95. The molecule has 0 bridgehead atoms. The zero-order chi connectivity index (χ0) is 15.9. The molecular formula is C15H21ClIN5O. The zero-order valence-corrected chi connectivity index (χ0v) is 16.5. The van der Waals surface area contributed by atoms with E-state index in [2.05, 4.69) is 20.4 Å². The van der Waals surface area contributed by atoms with Gasteiger partial charge in [-0.3, -0.25) is 0 Å². The first-order valence-electron chi connectivity index (χ1n) is 7.12. The number of hydrogen-bond acceptors (Lipinski definition) is 4. The normalized spacial score (nSPS) is 11.0. The number of rotatable bonds is 5. The largest absolute Gasteiger partial charge is 0.357 e. The highest BCUT2D eigenvalue weighted by atomic mass is 127. The summed E-state index contributed by atoms with van der Waals surface area (Å²) in [5.41, 5.74) is 1.05. The molecule has 1 aromatic heterocycles. The fourth-order valence-corrected chi connectivity index (χ4v) is 2.17. The van der Waals surface area contributed by atoms with Crippen LogP contribution in [0.15, 0.2) is 33.8 Å². The number of nitrogens with zero attached hydrogens (tertiary/aromatic N) is 4. The fraction of sp³-hybridized carbons (Fsp3) is 0.400. The molecule has 1 heterocycles. The summed E-state index contributed by atoms with van der Waals surface area (Å²) in [6.07, 6.45) is 0. The molecule has 0 amide bonds. The summed E-state index contributed by atoms with van der Waals surface area (Å²) in [4.78, 5) is 10.7. The molecule has 1 N–H and O–H groups in total. The lowest BCUT2D eigenvalue weighted by Crippen LogP contribution is -2.38. The third kappa shape index (κ3) is 5.98. The molecule has 0 fully saturated rings. The van der Waals surface area contributed by atoms with Crippen molar-refractivity contribution in [1.82, 2.24) is 20.4 Å². The molecule has 1 aromatic carbocycles. The Balaban J connectivity index is 0.00000264. The van der Waals surface area contributed by atoms with Gasteiger partial charge in [-0.05, 0) is 18.6 Å². The Morgan fingerprint density at radius 2 is 2.13 bits per heavy atom. The standard InChI is InChI=1S/C15H20ClN5O.HI/c1-4-17-15(18-9-14-19-11(2)22-20-14)21(3)10-12-7-5-6-8-13(12)16;/h5-8H,4,9-10H2,1-3H3,(H,17,18);1H. The molecule has 0 aliphatic rings. The SMILES string of the molecule is CCNC(=NCc1noc(C)n1)N(C)Cc1ccccc1Cl.I. The Morgan fingerprint density at radius 1 is 1.39 bits per heavy atom. The molecule has 0 saturated heterocycles. The highest BCUT2D eigenvalue weighted by Crippen LogP contribution is 2.16. The number of aryl methyl sites for hydroxylation is 1. The van der Waals surface area contributed by atoms with E-state index in [9.17, 15) is 0 Å². The number of aromatic nitrogens is 2. The topological polar surface area (TPSA) is 66.5 Å². The van der Waals surface area contributed by atoms with Crippen molar-refractivity contribution >= 4 is 41.5 Å². The van der Waals surface area contributed by atoms with E-state index in [1.807, 2.05) is 43.1 Å². The van der Waals surface area contributed by atoms with Gasteiger partial charge in [0.15, 0.2) is 11.8 Å². The van der Waals surface area contributed by atoms with Gasteiger partial charge in [-0.1, -0.05) is 35.0 Å². The summed E-state index contributed by atoms with van der Waals surface area (Å²) >= 11 is 6.21. The van der Waals surface area contributed by atoms with Gasteiger partial charge < -0.3 is 14.7 Å². The maximum absolute atomic E-state index is 6.21. The third-order valence-electron chi connectivity index (χ3n) is 3.00. The summed E-state index contributed by atoms with van der Waals surface area (Å²) in [5, 5.41) is 7.84. The summed E-state index contributed by atoms with van der Waals surface area (Å²) in [6.45, 7) is 5.59. The first-order chi connectivity index (χ1) is 10.6. The van der Waals surface area contributed by atoms with Crippen molar-refractivity contribution in [1.29, 1.82) is 0 Å². The van der Waals surface area contributed by atoms with Crippen LogP contribution >= 0.6 is 35.6 Å². The van der Waals surface area contributed by atoms with Gasteiger partial charge in [-0.15, -0.1) is 24.0 Å². The monoisotopic (exact) mass is 449 g/mol. The van der Waals surface area contributed by atoms with Crippen LogP contribution in [0.4, 0.5) is 0 Å². The molecule has 126 valence electrons. The molecule has 0 unspecified atom stereocenters. The molecule has 0 aliphatic heterocycles. The Labute approximate surface area is 158 Å². The van der Waals surface area contributed by atoms with Gasteiger partial charge in [0.05, 0.1) is 0 Å². The molecule has 0 atom stereocenters. The van der Waals surface area contributed by atoms with E-state index in [0.717, 1.165) is 23.1 Å². The van der Waals surface area contributed by atoms with Gasteiger partial charge in [0.25, 0.3) is 0 Å². The lowest BCUT2D eigenvalue weighted by Gasteiger charge is -2.22. The van der Waals surface area contributed by atoms with E-state index in [4.69, 9.17) is 16.1 Å². The third-order valence-corrected chi connectivity index (χ3v) is 3.37. The minimum Gasteiger partial charge on any atom is -0.357 e. The van der Waals surface area contributed by atoms with Crippen LogP contribution < -0.4 is 5.32 Å². The van der Waals surface area contributed by atoms with Crippen molar-refractivity contribution in [3.8, 4) is 0 Å². The smallest absolute Gasteiger partial charge is 0.223 e. The van der Waals surface area contributed by atoms with Crippen LogP contribution in [0.3, 0.4) is 0 Å². The number of nitrogens with one attached hydrogen (secondary N) is 1. The number of hydrogen-bond donors (Lipinski definition) is 1. The second-order valence-electron chi connectivity index (χ2n) is 4.85. The molecule has 0 aliphatic carbocycles. The van der Waals surface area contributed by atoms with E-state index < -0.39 is 0 Å². The van der Waals surface area contributed by atoms with Gasteiger partial charge in [0, 0.05) is 32.1 Å². The van der Waals surface area contributed by atoms with Crippen LogP contribution in [0.5, 0.6) is 0 Å². The summed E-state index contributed by atoms with van der Waals surface area (Å²) in [5.74, 6) is 1.88. The van der Waals surface area contributed by atoms with Crippen molar-refractivity contribution < 1.29 is 4.52 Å². The number of guanidine groups is 1. The second-order valence-corrected chi connectivity index (χ2v) is 5.25. The van der Waals surface area contributed by atoms with Crippen LogP contribution in [0.25, 0.3) is 0 Å². The highest BCUT2D eigenvalue weighted by Gasteiger charge is 2.09. The van der Waals surface area contributed by atoms with Crippen molar-refractivity contribution in [3.05, 3.63) is 46.6 Å². The molecule has 0 spiro atoms. The average molecular weight is 450 g/mol. The molecular weight excluding hydrogens is 429 g/mol. The molecule has 2 rings (SSSR count). The highest BCUT2D eigenvalue weighted by molar-refractivity contribution is 14.0. The summed E-state index contributed by atoms with van der Waals surface area (Å²) in [7, 11) is 1.96. The Bertz CT molecular complexity index is 646. The van der Waals surface area contributed by atoms with Crippen molar-refractivity contribution in [3.63, 3.8) is 0 Å². The van der Waals surface area contributed by atoms with Gasteiger partial charge >= 0.3 is 0 Å². The summed E-state index contributed by atoms with van der Waals surface area (Å²) in [6, 6.07) is 7.78. The quantitative estimate of drug-likeness (QED) is 0.431. The number of aliphatic imine (C=N–C) groups is 1. The predicted octanol–water partition coefficient (Wildman–Crippen LogP) is 3.25. The lowest BCUT2D eigenvalue weighted by atomic mass is 10.2. The van der Waals surface area contributed by atoms with Crippen LogP contribution in [-0.2, 0) is 13.1 Å². The van der Waals surface area contributed by atoms with E-state index in [-0.39, 0.29) is 24.0 Å². The predicted molar refractivity (Wildman–Crippen MR) is 102 cm³/mol. The Kier molecular flexibility index (Phi) is 8.32.